The van der Waals surface area contributed by atoms with Crippen LogP contribution in [0.1, 0.15) is 11.1 Å². The molecule has 1 amide bonds. The summed E-state index contributed by atoms with van der Waals surface area (Å²) in [6.07, 6.45) is 3.02. The van der Waals surface area contributed by atoms with E-state index >= 15 is 0 Å². The van der Waals surface area contributed by atoms with Gasteiger partial charge >= 0.3 is 0 Å². The van der Waals surface area contributed by atoms with Gasteiger partial charge in [0.2, 0.25) is 5.91 Å². The van der Waals surface area contributed by atoms with Gasteiger partial charge in [-0.25, -0.2) is 8.42 Å². The molecule has 1 aromatic heterocycles. The number of sulfonamides is 1. The summed E-state index contributed by atoms with van der Waals surface area (Å²) in [5.41, 5.74) is 1.16. The second kappa shape index (κ2) is 8.23. The Bertz CT molecular complexity index is 1020. The summed E-state index contributed by atoms with van der Waals surface area (Å²) in [6, 6.07) is 12.1. The fraction of sp³-hybridized carbons (Fsp3) is 0.222. The molecule has 1 aliphatic rings. The second-order valence-electron chi connectivity index (χ2n) is 5.82. The van der Waals surface area contributed by atoms with Crippen LogP contribution >= 0.6 is 22.9 Å². The van der Waals surface area contributed by atoms with E-state index in [0.717, 1.165) is 11.3 Å². The highest BCUT2D eigenvalue weighted by Gasteiger charge is 2.30. The van der Waals surface area contributed by atoms with Crippen molar-refractivity contribution in [1.82, 2.24) is 9.21 Å². The lowest BCUT2D eigenvalue weighted by atomic mass is 10.1. The molecule has 0 aliphatic carbocycles. The Morgan fingerprint density at radius 3 is 2.48 bits per heavy atom. The average molecular weight is 422 g/mol. The SMILES string of the molecule is N#Cc1ccccc1/C=C/C(=O)N1CCN(S(=O)(=O)c2ccc(Cl)s2)CC1. The molecule has 140 valence electrons. The van der Waals surface area contributed by atoms with Crippen LogP contribution in [0.3, 0.4) is 0 Å². The van der Waals surface area contributed by atoms with Crippen molar-refractivity contribution in [1.29, 1.82) is 5.26 Å². The summed E-state index contributed by atoms with van der Waals surface area (Å²) in [7, 11) is -3.58. The molecule has 1 aromatic carbocycles. The van der Waals surface area contributed by atoms with E-state index in [9.17, 15) is 13.2 Å². The van der Waals surface area contributed by atoms with Crippen molar-refractivity contribution in [2.24, 2.45) is 0 Å². The topological polar surface area (TPSA) is 81.5 Å². The normalized spacial score (nSPS) is 15.8. The molecular weight excluding hydrogens is 406 g/mol. The Kier molecular flexibility index (Phi) is 5.97. The molecule has 27 heavy (non-hydrogen) atoms. The van der Waals surface area contributed by atoms with Gasteiger partial charge in [0.1, 0.15) is 4.21 Å². The lowest BCUT2D eigenvalue weighted by Gasteiger charge is -2.33. The van der Waals surface area contributed by atoms with E-state index in [1.807, 2.05) is 0 Å². The van der Waals surface area contributed by atoms with Gasteiger partial charge in [0.15, 0.2) is 0 Å². The first kappa shape index (κ1) is 19.6. The largest absolute Gasteiger partial charge is 0.337 e. The molecule has 9 heteroatoms. The van der Waals surface area contributed by atoms with Crippen LogP contribution in [0, 0.1) is 11.3 Å². The predicted molar refractivity (Wildman–Crippen MR) is 105 cm³/mol. The summed E-state index contributed by atoms with van der Waals surface area (Å²) in [5.74, 6) is -0.209. The standard InChI is InChI=1S/C18H16ClN3O3S2/c19-16-6-8-18(26-16)27(24,25)22-11-9-21(10-12-22)17(23)7-5-14-3-1-2-4-15(14)13-20/h1-8H,9-12H2/b7-5+. The third-order valence-corrected chi connectivity index (χ3v) is 7.78. The first-order chi connectivity index (χ1) is 12.9. The average Bonchev–Trinajstić information content (AvgIpc) is 3.13. The maximum atomic E-state index is 12.6. The van der Waals surface area contributed by atoms with Gasteiger partial charge < -0.3 is 4.90 Å². The van der Waals surface area contributed by atoms with E-state index in [4.69, 9.17) is 16.9 Å². The Morgan fingerprint density at radius 2 is 1.85 bits per heavy atom. The van der Waals surface area contributed by atoms with E-state index in [0.29, 0.717) is 28.6 Å². The molecule has 6 nitrogen and oxygen atoms in total. The minimum Gasteiger partial charge on any atom is -0.337 e. The molecule has 2 heterocycles. The number of hydrogen-bond donors (Lipinski definition) is 0. The zero-order valence-corrected chi connectivity index (χ0v) is 16.6. The number of amides is 1. The molecule has 0 unspecified atom stereocenters. The number of nitriles is 1. The van der Waals surface area contributed by atoms with Crippen molar-refractivity contribution in [3.05, 3.63) is 57.9 Å². The summed E-state index contributed by atoms with van der Waals surface area (Å²) in [6.45, 7) is 1.07. The van der Waals surface area contributed by atoms with Crippen molar-refractivity contribution in [2.75, 3.05) is 26.2 Å². The van der Waals surface area contributed by atoms with E-state index < -0.39 is 10.0 Å². The van der Waals surface area contributed by atoms with Gasteiger partial charge in [-0.05, 0) is 29.8 Å². The van der Waals surface area contributed by atoms with Gasteiger partial charge in [-0.2, -0.15) is 9.57 Å². The number of carbonyl (C=O) groups is 1. The van der Waals surface area contributed by atoms with Crippen molar-refractivity contribution >= 4 is 44.9 Å². The number of piperazine rings is 1. The molecule has 3 rings (SSSR count). The molecule has 0 spiro atoms. The maximum Gasteiger partial charge on any atom is 0.252 e. The molecule has 1 saturated heterocycles. The van der Waals surface area contributed by atoms with Crippen molar-refractivity contribution < 1.29 is 13.2 Å². The third kappa shape index (κ3) is 4.39. The number of hydrogen-bond acceptors (Lipinski definition) is 5. The van der Waals surface area contributed by atoms with Crippen LogP contribution in [0.4, 0.5) is 0 Å². The van der Waals surface area contributed by atoms with Gasteiger partial charge in [0.25, 0.3) is 10.0 Å². The van der Waals surface area contributed by atoms with Crippen molar-refractivity contribution in [3.8, 4) is 6.07 Å². The van der Waals surface area contributed by atoms with Crippen LogP contribution in [0.25, 0.3) is 6.08 Å². The van der Waals surface area contributed by atoms with Crippen LogP contribution in [0.15, 0.2) is 46.7 Å². The lowest BCUT2D eigenvalue weighted by molar-refractivity contribution is -0.127. The van der Waals surface area contributed by atoms with E-state index in [2.05, 4.69) is 6.07 Å². The maximum absolute atomic E-state index is 12.6. The van der Waals surface area contributed by atoms with Crippen molar-refractivity contribution in [2.45, 2.75) is 4.21 Å². The zero-order chi connectivity index (χ0) is 19.4. The van der Waals surface area contributed by atoms with Gasteiger partial charge in [0.05, 0.1) is 16.0 Å². The number of carbonyl (C=O) groups excluding carboxylic acids is 1. The summed E-state index contributed by atoms with van der Waals surface area (Å²) in [5, 5.41) is 9.08. The summed E-state index contributed by atoms with van der Waals surface area (Å²) < 4.78 is 27.2. The molecule has 1 fully saturated rings. The summed E-state index contributed by atoms with van der Waals surface area (Å²) >= 11 is 6.85. The molecule has 0 bridgehead atoms. The molecule has 0 atom stereocenters. The molecule has 0 radical (unpaired) electrons. The zero-order valence-electron chi connectivity index (χ0n) is 14.2. The Hall–Kier alpha value is -2.18. The minimum atomic E-state index is -3.58. The van der Waals surface area contributed by atoms with E-state index in [1.54, 1.807) is 41.3 Å². The van der Waals surface area contributed by atoms with Crippen molar-refractivity contribution in [3.63, 3.8) is 0 Å². The van der Waals surface area contributed by atoms with Gasteiger partial charge in [-0.15, -0.1) is 11.3 Å². The van der Waals surface area contributed by atoms with Crippen LogP contribution in [-0.2, 0) is 14.8 Å². The number of thiophene rings is 1. The summed E-state index contributed by atoms with van der Waals surface area (Å²) in [4.78, 5) is 14.0. The van der Waals surface area contributed by atoms with Crippen LogP contribution < -0.4 is 0 Å². The molecular formula is C18H16ClN3O3S2. The Labute approximate surface area is 166 Å². The third-order valence-electron chi connectivity index (χ3n) is 4.18. The van der Waals surface area contributed by atoms with Crippen LogP contribution in [0.2, 0.25) is 4.34 Å². The number of halogens is 1. The first-order valence-electron chi connectivity index (χ1n) is 8.13. The van der Waals surface area contributed by atoms with Crippen LogP contribution in [0.5, 0.6) is 0 Å². The van der Waals surface area contributed by atoms with E-state index in [1.165, 1.54) is 16.4 Å². The lowest BCUT2D eigenvalue weighted by Crippen LogP contribution is -2.50. The van der Waals surface area contributed by atoms with Gasteiger partial charge in [-0.3, -0.25) is 4.79 Å². The smallest absolute Gasteiger partial charge is 0.252 e. The fourth-order valence-electron chi connectivity index (χ4n) is 2.72. The minimum absolute atomic E-state index is 0.209. The number of benzene rings is 1. The molecule has 0 N–H and O–H groups in total. The van der Waals surface area contributed by atoms with E-state index in [-0.39, 0.29) is 23.2 Å². The highest BCUT2D eigenvalue weighted by molar-refractivity contribution is 7.91. The van der Waals surface area contributed by atoms with Gasteiger partial charge in [-0.1, -0.05) is 29.8 Å². The number of rotatable bonds is 4. The Morgan fingerprint density at radius 1 is 1.15 bits per heavy atom. The number of nitrogens with zero attached hydrogens (tertiary/aromatic N) is 3. The molecule has 0 saturated carbocycles. The molecule has 2 aromatic rings. The Balaban J connectivity index is 1.63. The first-order valence-corrected chi connectivity index (χ1v) is 10.8. The highest BCUT2D eigenvalue weighted by Crippen LogP contribution is 2.28. The fourth-order valence-corrected chi connectivity index (χ4v) is 5.78. The highest BCUT2D eigenvalue weighted by atomic mass is 35.5. The van der Waals surface area contributed by atoms with Crippen LogP contribution in [-0.4, -0.2) is 49.7 Å². The molecule has 1 aliphatic heterocycles. The predicted octanol–water partition coefficient (Wildman–Crippen LogP) is 2.82. The second-order valence-corrected chi connectivity index (χ2v) is 9.70. The quantitative estimate of drug-likeness (QED) is 0.711. The van der Waals surface area contributed by atoms with Gasteiger partial charge in [0, 0.05) is 32.3 Å². The monoisotopic (exact) mass is 421 g/mol.